The lowest BCUT2D eigenvalue weighted by Gasteiger charge is -2.23. The fourth-order valence-corrected chi connectivity index (χ4v) is 3.88. The molecule has 8 heteroatoms. The number of hydrogen-bond donors (Lipinski definition) is 2. The Morgan fingerprint density at radius 2 is 1.85 bits per heavy atom. The van der Waals surface area contributed by atoms with Crippen molar-refractivity contribution >= 4 is 34.9 Å². The molecule has 1 aliphatic rings. The molecule has 170 valence electrons. The molecule has 4 rings (SSSR count). The summed E-state index contributed by atoms with van der Waals surface area (Å²) in [6.45, 7) is 2.35. The van der Waals surface area contributed by atoms with Crippen molar-refractivity contribution in [1.29, 1.82) is 0 Å². The molecule has 0 spiro atoms. The maximum atomic E-state index is 13.4. The van der Waals surface area contributed by atoms with Crippen molar-refractivity contribution in [3.05, 3.63) is 88.7 Å². The number of urea groups is 1. The first-order valence-corrected chi connectivity index (χ1v) is 11.0. The van der Waals surface area contributed by atoms with Gasteiger partial charge in [0.05, 0.1) is 0 Å². The molecule has 0 bridgehead atoms. The van der Waals surface area contributed by atoms with Crippen LogP contribution in [0.4, 0.5) is 20.6 Å². The van der Waals surface area contributed by atoms with Crippen LogP contribution in [0.25, 0.3) is 0 Å². The number of benzene rings is 3. The molecule has 1 heterocycles. The third-order valence-corrected chi connectivity index (χ3v) is 5.67. The summed E-state index contributed by atoms with van der Waals surface area (Å²) in [5.74, 6) is -0.0297. The molecule has 3 aromatic rings. The van der Waals surface area contributed by atoms with Crippen LogP contribution in [0, 0.1) is 5.82 Å². The van der Waals surface area contributed by atoms with Gasteiger partial charge in [-0.25, -0.2) is 9.18 Å². The van der Waals surface area contributed by atoms with Gasteiger partial charge < -0.3 is 20.3 Å². The minimum Gasteiger partial charge on any atom is -0.480 e. The summed E-state index contributed by atoms with van der Waals surface area (Å²) in [5.41, 5.74) is 2.62. The fraction of sp³-hybridized carbons (Fsp3) is 0.200. The number of halogens is 2. The van der Waals surface area contributed by atoms with Crippen molar-refractivity contribution in [2.45, 2.75) is 32.5 Å². The first kappa shape index (κ1) is 22.6. The van der Waals surface area contributed by atoms with E-state index in [9.17, 15) is 14.0 Å². The summed E-state index contributed by atoms with van der Waals surface area (Å²) in [5, 5.41) is 5.83. The molecule has 0 saturated heterocycles. The number of ether oxygens (including phenoxy) is 1. The van der Waals surface area contributed by atoms with E-state index in [2.05, 4.69) is 10.6 Å². The van der Waals surface area contributed by atoms with E-state index >= 15 is 0 Å². The predicted molar refractivity (Wildman–Crippen MR) is 126 cm³/mol. The van der Waals surface area contributed by atoms with E-state index in [0.717, 1.165) is 5.56 Å². The van der Waals surface area contributed by atoms with Gasteiger partial charge >= 0.3 is 6.03 Å². The topological polar surface area (TPSA) is 70.7 Å². The zero-order valence-electron chi connectivity index (χ0n) is 18.0. The van der Waals surface area contributed by atoms with Crippen LogP contribution in [-0.4, -0.2) is 22.9 Å². The first-order chi connectivity index (χ1) is 15.9. The largest absolute Gasteiger partial charge is 0.480 e. The Kier molecular flexibility index (Phi) is 6.79. The molecule has 3 amide bonds. The van der Waals surface area contributed by atoms with Crippen LogP contribution >= 0.6 is 11.6 Å². The third kappa shape index (κ3) is 5.43. The highest BCUT2D eigenvalue weighted by molar-refractivity contribution is 6.31. The smallest absolute Gasteiger partial charge is 0.323 e. The lowest BCUT2D eigenvalue weighted by atomic mass is 10.1. The normalized spacial score (nSPS) is 15.3. The molecule has 1 unspecified atom stereocenters. The van der Waals surface area contributed by atoms with Crippen molar-refractivity contribution in [1.82, 2.24) is 4.90 Å². The molecular weight excluding hydrogens is 445 g/mol. The molecule has 0 aliphatic carbocycles. The number of amides is 3. The van der Waals surface area contributed by atoms with Crippen LogP contribution in [0.3, 0.4) is 0 Å². The van der Waals surface area contributed by atoms with Crippen LogP contribution in [0.2, 0.25) is 5.02 Å². The minimum atomic E-state index is -0.648. The number of nitrogens with zero attached hydrogens (tertiary/aromatic N) is 1. The Morgan fingerprint density at radius 1 is 1.09 bits per heavy atom. The Morgan fingerprint density at radius 3 is 2.58 bits per heavy atom. The lowest BCUT2D eigenvalue weighted by molar-refractivity contribution is -0.139. The van der Waals surface area contributed by atoms with Gasteiger partial charge in [-0.3, -0.25) is 4.79 Å². The molecule has 33 heavy (non-hydrogen) atoms. The van der Waals surface area contributed by atoms with Gasteiger partial charge in [-0.15, -0.1) is 0 Å². The number of hydrogen-bond acceptors (Lipinski definition) is 3. The second-order valence-corrected chi connectivity index (χ2v) is 8.12. The third-order valence-electron chi connectivity index (χ3n) is 5.31. The highest BCUT2D eigenvalue weighted by atomic mass is 35.5. The zero-order valence-corrected chi connectivity index (χ0v) is 18.7. The van der Waals surface area contributed by atoms with Crippen molar-refractivity contribution in [2.24, 2.45) is 0 Å². The van der Waals surface area contributed by atoms with Crippen LogP contribution < -0.4 is 15.4 Å². The van der Waals surface area contributed by atoms with Crippen LogP contribution in [0.15, 0.2) is 66.7 Å². The van der Waals surface area contributed by atoms with E-state index in [1.165, 1.54) is 12.1 Å². The second-order valence-electron chi connectivity index (χ2n) is 7.71. The van der Waals surface area contributed by atoms with Gasteiger partial charge in [0.15, 0.2) is 6.10 Å². The molecule has 0 radical (unpaired) electrons. The van der Waals surface area contributed by atoms with E-state index in [4.69, 9.17) is 16.3 Å². The SMILES string of the molecule is CCC1Oc2ccc(NC(=O)Nc3ccccc3)cc2CN(Cc2ccc(F)cc2Cl)C1=O. The van der Waals surface area contributed by atoms with Crippen molar-refractivity contribution < 1.29 is 18.7 Å². The summed E-state index contributed by atoms with van der Waals surface area (Å²) >= 11 is 6.19. The summed E-state index contributed by atoms with van der Waals surface area (Å²) in [6, 6.07) is 18.1. The van der Waals surface area contributed by atoms with E-state index < -0.39 is 11.9 Å². The number of rotatable bonds is 5. The standard InChI is InChI=1S/C25H23ClFN3O3/c1-2-22-24(31)30(14-16-8-9-18(27)13-21(16)26)15-17-12-20(10-11-23(17)33-22)29-25(32)28-19-6-4-3-5-7-19/h3-13,22H,2,14-15H2,1H3,(H2,28,29,32). The molecule has 2 N–H and O–H groups in total. The Balaban J connectivity index is 1.55. The quantitative estimate of drug-likeness (QED) is 0.496. The molecule has 0 saturated carbocycles. The van der Waals surface area contributed by atoms with Crippen LogP contribution in [0.1, 0.15) is 24.5 Å². The number of fused-ring (bicyclic) bond motifs is 1. The molecule has 6 nitrogen and oxygen atoms in total. The Hall–Kier alpha value is -3.58. The van der Waals surface area contributed by atoms with E-state index in [1.807, 2.05) is 25.1 Å². The van der Waals surface area contributed by atoms with Crippen LogP contribution in [-0.2, 0) is 17.9 Å². The molecule has 3 aromatic carbocycles. The number of carbonyl (C=O) groups is 2. The maximum Gasteiger partial charge on any atom is 0.323 e. The first-order valence-electron chi connectivity index (χ1n) is 10.6. The van der Waals surface area contributed by atoms with Gasteiger partial charge in [0.2, 0.25) is 0 Å². The van der Waals surface area contributed by atoms with Gasteiger partial charge in [0, 0.05) is 35.1 Å². The molecular formula is C25H23ClFN3O3. The maximum absolute atomic E-state index is 13.4. The van der Waals surface area contributed by atoms with Gasteiger partial charge in [-0.05, 0) is 54.4 Å². The Labute approximate surface area is 196 Å². The number of para-hydroxylation sites is 1. The molecule has 1 aliphatic heterocycles. The van der Waals surface area contributed by atoms with Crippen molar-refractivity contribution in [2.75, 3.05) is 10.6 Å². The molecule has 0 aromatic heterocycles. The summed E-state index contributed by atoms with van der Waals surface area (Å²) in [6.07, 6.45) is -0.156. The van der Waals surface area contributed by atoms with Gasteiger partial charge in [0.25, 0.3) is 5.91 Å². The predicted octanol–water partition coefficient (Wildman–Crippen LogP) is 5.82. The average Bonchev–Trinajstić information content (AvgIpc) is 2.92. The van der Waals surface area contributed by atoms with Crippen LogP contribution in [0.5, 0.6) is 5.75 Å². The number of nitrogens with one attached hydrogen (secondary N) is 2. The average molecular weight is 468 g/mol. The minimum absolute atomic E-state index is 0.176. The summed E-state index contributed by atoms with van der Waals surface area (Å²) < 4.78 is 19.4. The van der Waals surface area contributed by atoms with E-state index in [0.29, 0.717) is 29.1 Å². The van der Waals surface area contributed by atoms with Crippen molar-refractivity contribution in [3.63, 3.8) is 0 Å². The highest BCUT2D eigenvalue weighted by Crippen LogP contribution is 2.31. The van der Waals surface area contributed by atoms with Crippen molar-refractivity contribution in [3.8, 4) is 5.75 Å². The number of anilines is 2. The fourth-order valence-electron chi connectivity index (χ4n) is 3.65. The summed E-state index contributed by atoms with van der Waals surface area (Å²) in [4.78, 5) is 27.1. The van der Waals surface area contributed by atoms with E-state index in [1.54, 1.807) is 41.3 Å². The van der Waals surface area contributed by atoms with Gasteiger partial charge in [0.1, 0.15) is 11.6 Å². The lowest BCUT2D eigenvalue weighted by Crippen LogP contribution is -2.38. The van der Waals surface area contributed by atoms with Gasteiger partial charge in [-0.1, -0.05) is 42.8 Å². The van der Waals surface area contributed by atoms with E-state index in [-0.39, 0.29) is 30.1 Å². The second kappa shape index (κ2) is 9.92. The molecule has 0 fully saturated rings. The number of carbonyl (C=O) groups excluding carboxylic acids is 2. The monoisotopic (exact) mass is 467 g/mol. The summed E-state index contributed by atoms with van der Waals surface area (Å²) in [7, 11) is 0. The Bertz CT molecular complexity index is 1170. The zero-order chi connectivity index (χ0) is 23.4. The van der Waals surface area contributed by atoms with Gasteiger partial charge in [-0.2, -0.15) is 0 Å². The highest BCUT2D eigenvalue weighted by Gasteiger charge is 2.30. The molecule has 1 atom stereocenters.